The van der Waals surface area contributed by atoms with Gasteiger partial charge in [0.05, 0.1) is 6.54 Å². The minimum atomic E-state index is 0.000820. The van der Waals surface area contributed by atoms with Crippen molar-refractivity contribution in [1.82, 2.24) is 14.7 Å². The van der Waals surface area contributed by atoms with E-state index in [0.29, 0.717) is 44.0 Å². The van der Waals surface area contributed by atoms with E-state index in [-0.39, 0.29) is 11.8 Å². The zero-order chi connectivity index (χ0) is 15.4. The SMILES string of the molecule is CN(C)C(=O)CN1CCN(C(=O)c2cccc(N)c2)CC1. The molecule has 1 aliphatic heterocycles. The summed E-state index contributed by atoms with van der Waals surface area (Å²) >= 11 is 0. The lowest BCUT2D eigenvalue weighted by Gasteiger charge is -2.34. The van der Waals surface area contributed by atoms with Gasteiger partial charge in [0.1, 0.15) is 0 Å². The number of likely N-dealkylation sites (N-methyl/N-ethyl adjacent to an activating group) is 1. The molecule has 0 atom stereocenters. The number of piperazine rings is 1. The van der Waals surface area contributed by atoms with Crippen LogP contribution in [0.1, 0.15) is 10.4 Å². The molecule has 2 amide bonds. The molecule has 0 bridgehead atoms. The van der Waals surface area contributed by atoms with E-state index in [1.807, 2.05) is 4.90 Å². The van der Waals surface area contributed by atoms with E-state index in [1.54, 1.807) is 43.3 Å². The highest BCUT2D eigenvalue weighted by molar-refractivity contribution is 5.95. The molecule has 0 aromatic heterocycles. The summed E-state index contributed by atoms with van der Waals surface area (Å²) in [5.41, 5.74) is 6.92. The molecular formula is C15H22N4O2. The van der Waals surface area contributed by atoms with Crippen molar-refractivity contribution < 1.29 is 9.59 Å². The molecule has 6 nitrogen and oxygen atoms in total. The Bertz CT molecular complexity index is 522. The Hall–Kier alpha value is -2.08. The van der Waals surface area contributed by atoms with Crippen LogP contribution in [0.4, 0.5) is 5.69 Å². The first-order valence-corrected chi connectivity index (χ1v) is 7.04. The van der Waals surface area contributed by atoms with Crippen molar-refractivity contribution in [2.75, 3.05) is 52.6 Å². The molecule has 1 aromatic rings. The van der Waals surface area contributed by atoms with Gasteiger partial charge in [0.25, 0.3) is 5.91 Å². The average molecular weight is 290 g/mol. The van der Waals surface area contributed by atoms with Gasteiger partial charge in [-0.3, -0.25) is 14.5 Å². The predicted octanol–water partition coefficient (Wildman–Crippen LogP) is 0.115. The summed E-state index contributed by atoms with van der Waals surface area (Å²) in [5, 5.41) is 0. The zero-order valence-corrected chi connectivity index (χ0v) is 12.6. The number of anilines is 1. The van der Waals surface area contributed by atoms with Gasteiger partial charge in [0, 0.05) is 51.5 Å². The van der Waals surface area contributed by atoms with Gasteiger partial charge in [0.15, 0.2) is 0 Å². The Labute approximate surface area is 125 Å². The molecule has 1 saturated heterocycles. The van der Waals surface area contributed by atoms with Gasteiger partial charge in [-0.05, 0) is 18.2 Å². The van der Waals surface area contributed by atoms with Gasteiger partial charge < -0.3 is 15.5 Å². The summed E-state index contributed by atoms with van der Waals surface area (Å²) in [6.07, 6.45) is 0. The molecule has 114 valence electrons. The van der Waals surface area contributed by atoms with E-state index >= 15 is 0 Å². The lowest BCUT2D eigenvalue weighted by atomic mass is 10.1. The molecular weight excluding hydrogens is 268 g/mol. The van der Waals surface area contributed by atoms with Crippen LogP contribution >= 0.6 is 0 Å². The number of benzene rings is 1. The van der Waals surface area contributed by atoms with E-state index in [9.17, 15) is 9.59 Å². The number of nitrogen functional groups attached to an aromatic ring is 1. The maximum absolute atomic E-state index is 12.4. The number of hydrogen-bond donors (Lipinski definition) is 1. The Morgan fingerprint density at radius 3 is 2.43 bits per heavy atom. The molecule has 21 heavy (non-hydrogen) atoms. The van der Waals surface area contributed by atoms with Crippen LogP contribution in [0.15, 0.2) is 24.3 Å². The molecule has 1 fully saturated rings. The standard InChI is InChI=1S/C15H22N4O2/c1-17(2)14(20)11-18-6-8-19(9-7-18)15(21)12-4-3-5-13(16)10-12/h3-5,10H,6-9,11,16H2,1-2H3. The maximum Gasteiger partial charge on any atom is 0.254 e. The number of nitrogens with two attached hydrogens (primary N) is 1. The first-order valence-electron chi connectivity index (χ1n) is 7.04. The van der Waals surface area contributed by atoms with Gasteiger partial charge in [-0.25, -0.2) is 0 Å². The van der Waals surface area contributed by atoms with Crippen LogP contribution in [0.3, 0.4) is 0 Å². The fourth-order valence-electron chi connectivity index (χ4n) is 2.30. The van der Waals surface area contributed by atoms with E-state index in [2.05, 4.69) is 4.90 Å². The lowest BCUT2D eigenvalue weighted by Crippen LogP contribution is -2.51. The summed E-state index contributed by atoms with van der Waals surface area (Å²) < 4.78 is 0. The second-order valence-electron chi connectivity index (χ2n) is 5.48. The average Bonchev–Trinajstić information content (AvgIpc) is 2.47. The second kappa shape index (κ2) is 6.58. The Balaban J connectivity index is 1.89. The third kappa shape index (κ3) is 3.95. The summed E-state index contributed by atoms with van der Waals surface area (Å²) in [5.74, 6) is 0.0893. The molecule has 0 radical (unpaired) electrons. The van der Waals surface area contributed by atoms with Crippen LogP contribution in [0.5, 0.6) is 0 Å². The summed E-state index contributed by atoms with van der Waals surface area (Å²) in [4.78, 5) is 29.5. The molecule has 1 aromatic carbocycles. The van der Waals surface area contributed by atoms with Gasteiger partial charge in [-0.2, -0.15) is 0 Å². The normalized spacial score (nSPS) is 15.8. The summed E-state index contributed by atoms with van der Waals surface area (Å²) in [6.45, 7) is 3.11. The maximum atomic E-state index is 12.4. The number of carbonyl (C=O) groups excluding carboxylic acids is 2. The highest BCUT2D eigenvalue weighted by Crippen LogP contribution is 2.12. The molecule has 0 saturated carbocycles. The lowest BCUT2D eigenvalue weighted by molar-refractivity contribution is -0.130. The van der Waals surface area contributed by atoms with Gasteiger partial charge in [0.2, 0.25) is 5.91 Å². The second-order valence-corrected chi connectivity index (χ2v) is 5.48. The van der Waals surface area contributed by atoms with Crippen LogP contribution in [0.2, 0.25) is 0 Å². The smallest absolute Gasteiger partial charge is 0.254 e. The minimum Gasteiger partial charge on any atom is -0.399 e. The molecule has 6 heteroatoms. The zero-order valence-electron chi connectivity index (χ0n) is 12.6. The van der Waals surface area contributed by atoms with Crippen LogP contribution in [0, 0.1) is 0 Å². The van der Waals surface area contributed by atoms with Crippen molar-refractivity contribution in [2.24, 2.45) is 0 Å². The molecule has 0 spiro atoms. The van der Waals surface area contributed by atoms with E-state index in [4.69, 9.17) is 5.73 Å². The first-order chi connectivity index (χ1) is 9.97. The largest absolute Gasteiger partial charge is 0.399 e. The Morgan fingerprint density at radius 1 is 1.19 bits per heavy atom. The molecule has 1 heterocycles. The van der Waals surface area contributed by atoms with Crippen molar-refractivity contribution in [3.8, 4) is 0 Å². The Kier molecular flexibility index (Phi) is 4.80. The number of nitrogens with zero attached hydrogens (tertiary/aromatic N) is 3. The topological polar surface area (TPSA) is 69.9 Å². The molecule has 2 N–H and O–H groups in total. The van der Waals surface area contributed by atoms with Crippen LogP contribution < -0.4 is 5.73 Å². The van der Waals surface area contributed by atoms with Crippen LogP contribution in [-0.2, 0) is 4.79 Å². The van der Waals surface area contributed by atoms with E-state index < -0.39 is 0 Å². The van der Waals surface area contributed by atoms with Crippen molar-refractivity contribution in [1.29, 1.82) is 0 Å². The fourth-order valence-corrected chi connectivity index (χ4v) is 2.30. The third-order valence-electron chi connectivity index (χ3n) is 3.65. The third-order valence-corrected chi connectivity index (χ3v) is 3.65. The molecule has 1 aliphatic rings. The molecule has 2 rings (SSSR count). The number of hydrogen-bond acceptors (Lipinski definition) is 4. The van der Waals surface area contributed by atoms with E-state index in [1.165, 1.54) is 0 Å². The number of carbonyl (C=O) groups is 2. The van der Waals surface area contributed by atoms with Crippen molar-refractivity contribution in [3.05, 3.63) is 29.8 Å². The fraction of sp³-hybridized carbons (Fsp3) is 0.467. The van der Waals surface area contributed by atoms with Crippen molar-refractivity contribution in [3.63, 3.8) is 0 Å². The van der Waals surface area contributed by atoms with Gasteiger partial charge in [-0.15, -0.1) is 0 Å². The number of amides is 2. The van der Waals surface area contributed by atoms with Crippen LogP contribution in [0.25, 0.3) is 0 Å². The van der Waals surface area contributed by atoms with E-state index in [0.717, 1.165) is 0 Å². The molecule has 0 unspecified atom stereocenters. The van der Waals surface area contributed by atoms with Crippen LogP contribution in [-0.4, -0.2) is 73.3 Å². The molecule has 0 aliphatic carbocycles. The summed E-state index contributed by atoms with van der Waals surface area (Å²) in [7, 11) is 3.50. The highest BCUT2D eigenvalue weighted by atomic mass is 16.2. The van der Waals surface area contributed by atoms with Gasteiger partial charge in [-0.1, -0.05) is 6.07 Å². The van der Waals surface area contributed by atoms with Crippen molar-refractivity contribution in [2.45, 2.75) is 0 Å². The highest BCUT2D eigenvalue weighted by Gasteiger charge is 2.23. The Morgan fingerprint density at radius 2 is 1.86 bits per heavy atom. The van der Waals surface area contributed by atoms with Crippen molar-refractivity contribution >= 4 is 17.5 Å². The predicted molar refractivity (Wildman–Crippen MR) is 81.9 cm³/mol. The minimum absolute atomic E-state index is 0.000820. The number of rotatable bonds is 3. The first kappa shape index (κ1) is 15.3. The van der Waals surface area contributed by atoms with Gasteiger partial charge >= 0.3 is 0 Å². The summed E-state index contributed by atoms with van der Waals surface area (Å²) in [6, 6.07) is 7.03. The monoisotopic (exact) mass is 290 g/mol. The quantitative estimate of drug-likeness (QED) is 0.803.